The lowest BCUT2D eigenvalue weighted by molar-refractivity contribution is 1.02. The Labute approximate surface area is 106 Å². The second-order valence-electron chi connectivity index (χ2n) is 2.90. The molecule has 0 unspecified atom stereocenters. The molecule has 0 fully saturated rings. The van der Waals surface area contributed by atoms with Gasteiger partial charge in [0, 0.05) is 4.90 Å². The predicted octanol–water partition coefficient (Wildman–Crippen LogP) is 2.68. The van der Waals surface area contributed by atoms with E-state index in [0.717, 1.165) is 14.4 Å². The maximum atomic E-state index is 5.33. The van der Waals surface area contributed by atoms with Gasteiger partial charge in [-0.05, 0) is 28.1 Å². The van der Waals surface area contributed by atoms with Crippen molar-refractivity contribution in [3.05, 3.63) is 41.1 Å². The molecular weight excluding hydrogens is 288 g/mol. The molecule has 82 valence electrons. The zero-order valence-corrected chi connectivity index (χ0v) is 10.6. The number of benzene rings is 1. The van der Waals surface area contributed by atoms with Crippen molar-refractivity contribution in [2.75, 3.05) is 5.43 Å². The zero-order chi connectivity index (χ0) is 11.4. The number of nitrogens with one attached hydrogen (secondary N) is 1. The van der Waals surface area contributed by atoms with Crippen LogP contribution in [-0.4, -0.2) is 9.97 Å². The van der Waals surface area contributed by atoms with Gasteiger partial charge in [-0.3, -0.25) is 0 Å². The Kier molecular flexibility index (Phi) is 3.76. The van der Waals surface area contributed by atoms with Crippen molar-refractivity contribution in [2.45, 2.75) is 9.92 Å². The fourth-order valence-corrected chi connectivity index (χ4v) is 2.49. The third-order valence-electron chi connectivity index (χ3n) is 1.85. The second-order valence-corrected chi connectivity index (χ2v) is 4.76. The lowest BCUT2D eigenvalue weighted by Gasteiger charge is -2.06. The average molecular weight is 297 g/mol. The Bertz CT molecular complexity index is 478. The highest BCUT2D eigenvalue weighted by Gasteiger charge is 2.08. The van der Waals surface area contributed by atoms with E-state index in [-0.39, 0.29) is 0 Å². The molecule has 0 saturated heterocycles. The Balaban J connectivity index is 2.28. The smallest absolute Gasteiger partial charge is 0.158 e. The van der Waals surface area contributed by atoms with Crippen molar-refractivity contribution < 1.29 is 0 Å². The minimum Gasteiger partial charge on any atom is -0.307 e. The number of halogens is 1. The van der Waals surface area contributed by atoms with Gasteiger partial charge in [0.1, 0.15) is 11.4 Å². The summed E-state index contributed by atoms with van der Waals surface area (Å²) in [6.07, 6.45) is 1.48. The van der Waals surface area contributed by atoms with Crippen LogP contribution in [0.15, 0.2) is 51.1 Å². The maximum Gasteiger partial charge on any atom is 0.158 e. The van der Waals surface area contributed by atoms with Gasteiger partial charge in [-0.2, -0.15) is 0 Å². The summed E-state index contributed by atoms with van der Waals surface area (Å²) in [6, 6.07) is 9.99. The number of nitrogens with two attached hydrogens (primary N) is 1. The number of aromatic nitrogens is 2. The Morgan fingerprint density at radius 3 is 2.62 bits per heavy atom. The molecule has 2 aromatic rings. The van der Waals surface area contributed by atoms with Crippen molar-refractivity contribution in [3.8, 4) is 0 Å². The highest BCUT2D eigenvalue weighted by Crippen LogP contribution is 2.34. The first-order valence-electron chi connectivity index (χ1n) is 4.51. The standard InChI is InChI=1S/C10H9BrN4S/c11-8-9(15-12)13-6-14-10(8)16-7-4-2-1-3-5-7/h1-6H,12H2,(H,13,14,15). The van der Waals surface area contributed by atoms with Crippen LogP contribution in [0, 0.1) is 0 Å². The lowest BCUT2D eigenvalue weighted by Crippen LogP contribution is -2.09. The van der Waals surface area contributed by atoms with Crippen molar-refractivity contribution in [3.63, 3.8) is 0 Å². The van der Waals surface area contributed by atoms with Gasteiger partial charge in [-0.15, -0.1) is 0 Å². The molecule has 0 aliphatic carbocycles. The summed E-state index contributed by atoms with van der Waals surface area (Å²) >= 11 is 4.96. The first-order valence-corrected chi connectivity index (χ1v) is 6.12. The summed E-state index contributed by atoms with van der Waals surface area (Å²) in [4.78, 5) is 9.30. The minimum absolute atomic E-state index is 0.577. The van der Waals surface area contributed by atoms with Gasteiger partial charge < -0.3 is 5.43 Å². The average Bonchev–Trinajstić information content (AvgIpc) is 2.33. The van der Waals surface area contributed by atoms with Gasteiger partial charge in [0.2, 0.25) is 0 Å². The molecule has 0 spiro atoms. The summed E-state index contributed by atoms with van der Waals surface area (Å²) in [5.74, 6) is 5.91. The molecule has 0 aliphatic rings. The molecule has 4 nitrogen and oxygen atoms in total. The SMILES string of the molecule is NNc1ncnc(Sc2ccccc2)c1Br. The number of anilines is 1. The van der Waals surface area contributed by atoms with E-state index in [9.17, 15) is 0 Å². The van der Waals surface area contributed by atoms with Gasteiger partial charge in [-0.1, -0.05) is 30.0 Å². The van der Waals surface area contributed by atoms with Crippen LogP contribution in [0.2, 0.25) is 0 Å². The van der Waals surface area contributed by atoms with E-state index in [1.54, 1.807) is 11.8 Å². The number of nitrogens with zero attached hydrogens (tertiary/aromatic N) is 2. The Morgan fingerprint density at radius 2 is 1.94 bits per heavy atom. The van der Waals surface area contributed by atoms with E-state index in [1.807, 2.05) is 30.3 Å². The zero-order valence-electron chi connectivity index (χ0n) is 8.22. The van der Waals surface area contributed by atoms with Crippen LogP contribution in [0.4, 0.5) is 5.82 Å². The molecule has 1 aromatic heterocycles. The largest absolute Gasteiger partial charge is 0.307 e. The molecule has 6 heteroatoms. The van der Waals surface area contributed by atoms with Gasteiger partial charge in [0.25, 0.3) is 0 Å². The third-order valence-corrected chi connectivity index (χ3v) is 3.88. The van der Waals surface area contributed by atoms with Crippen LogP contribution in [0.25, 0.3) is 0 Å². The maximum absolute atomic E-state index is 5.33. The molecular formula is C10H9BrN4S. The molecule has 0 amide bonds. The number of nitrogen functional groups attached to an aromatic ring is 1. The number of hydrogen-bond acceptors (Lipinski definition) is 5. The van der Waals surface area contributed by atoms with Crippen LogP contribution >= 0.6 is 27.7 Å². The molecule has 0 bridgehead atoms. The van der Waals surface area contributed by atoms with Crippen molar-refractivity contribution in [2.24, 2.45) is 5.84 Å². The van der Waals surface area contributed by atoms with Gasteiger partial charge in [0.15, 0.2) is 5.82 Å². The molecule has 3 N–H and O–H groups in total. The Morgan fingerprint density at radius 1 is 1.19 bits per heavy atom. The normalized spacial score (nSPS) is 10.1. The molecule has 16 heavy (non-hydrogen) atoms. The van der Waals surface area contributed by atoms with Gasteiger partial charge in [-0.25, -0.2) is 15.8 Å². The van der Waals surface area contributed by atoms with Crippen molar-refractivity contribution in [1.82, 2.24) is 9.97 Å². The summed E-state index contributed by atoms with van der Waals surface area (Å²) in [5, 5.41) is 0.828. The predicted molar refractivity (Wildman–Crippen MR) is 68.1 cm³/mol. The highest BCUT2D eigenvalue weighted by molar-refractivity contribution is 9.10. The summed E-state index contributed by atoms with van der Waals surface area (Å²) in [7, 11) is 0. The van der Waals surface area contributed by atoms with E-state index in [0.29, 0.717) is 5.82 Å². The summed E-state index contributed by atoms with van der Waals surface area (Å²) in [5.41, 5.74) is 2.51. The van der Waals surface area contributed by atoms with Crippen molar-refractivity contribution >= 4 is 33.5 Å². The molecule has 1 heterocycles. The van der Waals surface area contributed by atoms with Gasteiger partial charge >= 0.3 is 0 Å². The highest BCUT2D eigenvalue weighted by atomic mass is 79.9. The van der Waals surface area contributed by atoms with Crippen molar-refractivity contribution in [1.29, 1.82) is 0 Å². The molecule has 0 aliphatic heterocycles. The monoisotopic (exact) mass is 296 g/mol. The lowest BCUT2D eigenvalue weighted by atomic mass is 10.4. The van der Waals surface area contributed by atoms with Crippen LogP contribution in [0.3, 0.4) is 0 Å². The van der Waals surface area contributed by atoms with Crippen LogP contribution < -0.4 is 11.3 Å². The molecule has 0 atom stereocenters. The van der Waals surface area contributed by atoms with Gasteiger partial charge in [0.05, 0.1) is 4.47 Å². The first-order chi connectivity index (χ1) is 7.81. The van der Waals surface area contributed by atoms with E-state index in [4.69, 9.17) is 5.84 Å². The topological polar surface area (TPSA) is 63.8 Å². The summed E-state index contributed by atoms with van der Waals surface area (Å²) < 4.78 is 0.770. The number of rotatable bonds is 3. The molecule has 2 rings (SSSR count). The van der Waals surface area contributed by atoms with E-state index < -0.39 is 0 Å². The van der Waals surface area contributed by atoms with E-state index in [2.05, 4.69) is 31.3 Å². The Hall–Kier alpha value is -1.11. The van der Waals surface area contributed by atoms with E-state index in [1.165, 1.54) is 6.33 Å². The molecule has 0 saturated carbocycles. The quantitative estimate of drug-likeness (QED) is 0.518. The molecule has 1 aromatic carbocycles. The molecule has 0 radical (unpaired) electrons. The summed E-state index contributed by atoms with van der Waals surface area (Å²) in [6.45, 7) is 0. The fraction of sp³-hybridized carbons (Fsp3) is 0. The fourth-order valence-electron chi connectivity index (χ4n) is 1.13. The first kappa shape index (κ1) is 11.4. The van der Waals surface area contributed by atoms with E-state index >= 15 is 0 Å². The second kappa shape index (κ2) is 5.29. The van der Waals surface area contributed by atoms with Crippen LogP contribution in [0.5, 0.6) is 0 Å². The minimum atomic E-state index is 0.577. The number of hydrazine groups is 1. The number of hydrogen-bond donors (Lipinski definition) is 2. The third kappa shape index (κ3) is 2.52. The van der Waals surface area contributed by atoms with Crippen LogP contribution in [0.1, 0.15) is 0 Å². The van der Waals surface area contributed by atoms with Crippen LogP contribution in [-0.2, 0) is 0 Å².